The molecule has 0 bridgehead atoms. The van der Waals surface area contributed by atoms with Crippen LogP contribution in [0, 0.1) is 6.92 Å². The van der Waals surface area contributed by atoms with E-state index in [2.05, 4.69) is 10.2 Å². The molecule has 0 unspecified atom stereocenters. The topological polar surface area (TPSA) is 83.3 Å². The quantitative estimate of drug-likeness (QED) is 0.603. The summed E-state index contributed by atoms with van der Waals surface area (Å²) in [4.78, 5) is 10.3. The number of carboxylic acids is 1. The zero-order chi connectivity index (χ0) is 8.43. The lowest BCUT2D eigenvalue weighted by Gasteiger charge is -1.96. The van der Waals surface area contributed by atoms with Gasteiger partial charge in [0.15, 0.2) is 5.75 Å². The van der Waals surface area contributed by atoms with Crippen molar-refractivity contribution in [3.8, 4) is 5.75 Å². The molecule has 2 N–H and O–H groups in total. The summed E-state index contributed by atoms with van der Waals surface area (Å²) in [5.74, 6) is -1.64. The predicted molar refractivity (Wildman–Crippen MR) is 35.4 cm³/mol. The van der Waals surface area contributed by atoms with Crippen LogP contribution in [0.5, 0.6) is 5.75 Å². The van der Waals surface area contributed by atoms with Crippen molar-refractivity contribution < 1.29 is 15.0 Å². The zero-order valence-corrected chi connectivity index (χ0v) is 5.77. The number of carboxylic acid groups (broad SMARTS) is 1. The molecule has 0 saturated carbocycles. The van der Waals surface area contributed by atoms with E-state index in [0.717, 1.165) is 0 Å². The first-order valence-corrected chi connectivity index (χ1v) is 2.88. The van der Waals surface area contributed by atoms with Crippen LogP contribution in [0.1, 0.15) is 16.2 Å². The standard InChI is InChI=1S/C6H6N2O3/c1-3-2-4(9)5(6(10)11)8-7-3/h2H,1H3,(H,7,9)(H,10,11). The largest absolute Gasteiger partial charge is 0.505 e. The highest BCUT2D eigenvalue weighted by Crippen LogP contribution is 2.12. The average molecular weight is 154 g/mol. The van der Waals surface area contributed by atoms with E-state index in [0.29, 0.717) is 5.69 Å². The summed E-state index contributed by atoms with van der Waals surface area (Å²) in [6.07, 6.45) is 0. The van der Waals surface area contributed by atoms with E-state index < -0.39 is 11.7 Å². The second-order valence-electron chi connectivity index (χ2n) is 2.02. The summed E-state index contributed by atoms with van der Waals surface area (Å²) >= 11 is 0. The molecule has 5 nitrogen and oxygen atoms in total. The molecule has 0 aliphatic heterocycles. The van der Waals surface area contributed by atoms with E-state index in [1.165, 1.54) is 6.07 Å². The van der Waals surface area contributed by atoms with Gasteiger partial charge in [0.05, 0.1) is 5.69 Å². The van der Waals surface area contributed by atoms with Crippen LogP contribution in [0.25, 0.3) is 0 Å². The van der Waals surface area contributed by atoms with Crippen molar-refractivity contribution in [1.29, 1.82) is 0 Å². The highest BCUT2D eigenvalue weighted by molar-refractivity contribution is 5.88. The van der Waals surface area contributed by atoms with E-state index in [1.54, 1.807) is 6.92 Å². The summed E-state index contributed by atoms with van der Waals surface area (Å²) < 4.78 is 0. The maximum absolute atomic E-state index is 10.3. The van der Waals surface area contributed by atoms with Gasteiger partial charge in [-0.1, -0.05) is 0 Å². The van der Waals surface area contributed by atoms with Crippen LogP contribution in [0.2, 0.25) is 0 Å². The maximum Gasteiger partial charge on any atom is 0.360 e. The fraction of sp³-hybridized carbons (Fsp3) is 0.167. The lowest BCUT2D eigenvalue weighted by Crippen LogP contribution is -2.02. The van der Waals surface area contributed by atoms with Gasteiger partial charge in [-0.2, -0.15) is 5.10 Å². The van der Waals surface area contributed by atoms with Crippen LogP contribution in [0.3, 0.4) is 0 Å². The van der Waals surface area contributed by atoms with Crippen molar-refractivity contribution in [3.63, 3.8) is 0 Å². The van der Waals surface area contributed by atoms with Crippen molar-refractivity contribution in [3.05, 3.63) is 17.5 Å². The fourth-order valence-electron chi connectivity index (χ4n) is 0.628. The molecule has 0 aromatic carbocycles. The maximum atomic E-state index is 10.3. The SMILES string of the molecule is Cc1cc(O)c(C(=O)O)nn1. The average Bonchev–Trinajstić information content (AvgIpc) is 1.85. The van der Waals surface area contributed by atoms with Gasteiger partial charge in [0, 0.05) is 6.07 Å². The summed E-state index contributed by atoms with van der Waals surface area (Å²) in [7, 11) is 0. The van der Waals surface area contributed by atoms with E-state index in [9.17, 15) is 4.79 Å². The molecule has 0 amide bonds. The molecular weight excluding hydrogens is 148 g/mol. The van der Waals surface area contributed by atoms with Gasteiger partial charge < -0.3 is 10.2 Å². The fourth-order valence-corrected chi connectivity index (χ4v) is 0.628. The van der Waals surface area contributed by atoms with Crippen LogP contribution in [-0.2, 0) is 0 Å². The molecule has 0 fully saturated rings. The molecule has 1 aromatic rings. The minimum absolute atomic E-state index is 0.356. The number of aromatic carboxylic acids is 1. The molecule has 0 aliphatic carbocycles. The first-order valence-electron chi connectivity index (χ1n) is 2.88. The van der Waals surface area contributed by atoms with Gasteiger partial charge in [-0.3, -0.25) is 0 Å². The lowest BCUT2D eigenvalue weighted by molar-refractivity contribution is 0.0685. The van der Waals surface area contributed by atoms with E-state index >= 15 is 0 Å². The molecule has 0 radical (unpaired) electrons. The van der Waals surface area contributed by atoms with Gasteiger partial charge >= 0.3 is 5.97 Å². The van der Waals surface area contributed by atoms with Crippen LogP contribution in [0.15, 0.2) is 6.07 Å². The van der Waals surface area contributed by atoms with Crippen LogP contribution >= 0.6 is 0 Å². The van der Waals surface area contributed by atoms with Gasteiger partial charge in [-0.15, -0.1) is 5.10 Å². The van der Waals surface area contributed by atoms with Crippen LogP contribution in [0.4, 0.5) is 0 Å². The van der Waals surface area contributed by atoms with Crippen molar-refractivity contribution in [2.45, 2.75) is 6.92 Å². The van der Waals surface area contributed by atoms with E-state index in [-0.39, 0.29) is 5.75 Å². The normalized spacial score (nSPS) is 9.55. The van der Waals surface area contributed by atoms with Gasteiger partial charge in [-0.05, 0) is 6.92 Å². The predicted octanol–water partition coefficient (Wildman–Crippen LogP) is 0.189. The summed E-state index contributed by atoms with van der Waals surface area (Å²) in [6, 6.07) is 1.25. The second kappa shape index (κ2) is 2.53. The molecule has 0 aliphatic rings. The molecule has 1 rings (SSSR count). The summed E-state index contributed by atoms with van der Waals surface area (Å²) in [5, 5.41) is 24.1. The Morgan fingerprint density at radius 3 is 2.64 bits per heavy atom. The molecule has 0 spiro atoms. The summed E-state index contributed by atoms with van der Waals surface area (Å²) in [5.41, 5.74) is 0.0584. The number of carbonyl (C=O) groups is 1. The van der Waals surface area contributed by atoms with Crippen LogP contribution in [-0.4, -0.2) is 26.4 Å². The molecule has 0 saturated heterocycles. The van der Waals surface area contributed by atoms with Gasteiger partial charge in [0.2, 0.25) is 5.69 Å². The Hall–Kier alpha value is -1.65. The van der Waals surface area contributed by atoms with Crippen molar-refractivity contribution in [2.24, 2.45) is 0 Å². The van der Waals surface area contributed by atoms with Gasteiger partial charge in [0.25, 0.3) is 0 Å². The number of aromatic nitrogens is 2. The second-order valence-corrected chi connectivity index (χ2v) is 2.02. The van der Waals surface area contributed by atoms with Crippen molar-refractivity contribution in [1.82, 2.24) is 10.2 Å². The molecular formula is C6H6N2O3. The van der Waals surface area contributed by atoms with Gasteiger partial charge in [0.1, 0.15) is 0 Å². The molecule has 0 atom stereocenters. The molecule has 1 aromatic heterocycles. The first kappa shape index (κ1) is 7.46. The van der Waals surface area contributed by atoms with Gasteiger partial charge in [-0.25, -0.2) is 4.79 Å². The third-order valence-electron chi connectivity index (χ3n) is 1.10. The summed E-state index contributed by atoms with van der Waals surface area (Å²) in [6.45, 7) is 1.61. The number of hydrogen-bond donors (Lipinski definition) is 2. The molecule has 11 heavy (non-hydrogen) atoms. The minimum Gasteiger partial charge on any atom is -0.505 e. The first-order chi connectivity index (χ1) is 5.11. The van der Waals surface area contributed by atoms with Crippen molar-refractivity contribution >= 4 is 5.97 Å². The van der Waals surface area contributed by atoms with E-state index in [1.807, 2.05) is 0 Å². The molecule has 5 heteroatoms. The monoisotopic (exact) mass is 154 g/mol. The number of aryl methyl sites for hydroxylation is 1. The number of aromatic hydroxyl groups is 1. The Balaban J connectivity index is 3.20. The zero-order valence-electron chi connectivity index (χ0n) is 5.77. The highest BCUT2D eigenvalue weighted by atomic mass is 16.4. The molecule has 58 valence electrons. The minimum atomic E-state index is -1.28. The highest BCUT2D eigenvalue weighted by Gasteiger charge is 2.11. The number of nitrogens with zero attached hydrogens (tertiary/aromatic N) is 2. The smallest absolute Gasteiger partial charge is 0.360 e. The lowest BCUT2D eigenvalue weighted by atomic mass is 10.3. The third kappa shape index (κ3) is 1.43. The Labute approximate surface area is 62.3 Å². The Bertz CT molecular complexity index is 298. The Kier molecular flexibility index (Phi) is 1.72. The molecule has 1 heterocycles. The van der Waals surface area contributed by atoms with Crippen LogP contribution < -0.4 is 0 Å². The Morgan fingerprint density at radius 1 is 1.55 bits per heavy atom. The number of hydrogen-bond acceptors (Lipinski definition) is 4. The van der Waals surface area contributed by atoms with E-state index in [4.69, 9.17) is 10.2 Å². The number of rotatable bonds is 1. The third-order valence-corrected chi connectivity index (χ3v) is 1.10. The Morgan fingerprint density at radius 2 is 2.18 bits per heavy atom. The van der Waals surface area contributed by atoms with Crippen molar-refractivity contribution in [2.75, 3.05) is 0 Å².